The van der Waals surface area contributed by atoms with Crippen LogP contribution < -0.4 is 0 Å². The van der Waals surface area contributed by atoms with E-state index < -0.39 is 59.3 Å². The maximum absolute atomic E-state index is 7.84. The van der Waals surface area contributed by atoms with Gasteiger partial charge in [0.15, 0.2) is 0 Å². The normalized spacial score (nSPS) is 25.5. The Hall–Kier alpha value is 1.99. The molecule has 4 radical (unpaired) electrons. The van der Waals surface area contributed by atoms with Crippen molar-refractivity contribution in [2.75, 3.05) is 0 Å². The van der Waals surface area contributed by atoms with Crippen molar-refractivity contribution in [3.05, 3.63) is 0 Å². The molecule has 0 spiro atoms. The monoisotopic (exact) mass is 758 g/mol. The Morgan fingerprint density at radius 1 is 0.405 bits per heavy atom. The molecule has 0 heterocycles. The minimum absolute atomic E-state index is 0.711. The molecule has 4 saturated carbocycles. The standard InChI is InChI=1S/2C16H31Si.O.2Sn/c2*1-17(2,3)16(14-10-6-4-7-11-14)15-12-8-5-9-13-15;;;/h2*14-15H,4-13H2,1-3H3;;;. The molecule has 0 aromatic carbocycles. The fourth-order valence-corrected chi connectivity index (χ4v) is 40.4. The van der Waals surface area contributed by atoms with Gasteiger partial charge in [0.05, 0.1) is 0 Å². The second-order valence-corrected chi connectivity index (χ2v) is 39.8. The van der Waals surface area contributed by atoms with E-state index in [9.17, 15) is 0 Å². The first kappa shape index (κ1) is 31.9. The van der Waals surface area contributed by atoms with E-state index in [0.717, 1.165) is 23.7 Å². The second-order valence-electron chi connectivity index (χ2n) is 15.9. The fraction of sp³-hybridized carbons (Fsp3) is 1.00. The van der Waals surface area contributed by atoms with Crippen molar-refractivity contribution >= 4 is 59.3 Å². The Bertz CT molecular complexity index is 582. The quantitative estimate of drug-likeness (QED) is 0.202. The van der Waals surface area contributed by atoms with Crippen molar-refractivity contribution in [1.82, 2.24) is 0 Å². The summed E-state index contributed by atoms with van der Waals surface area (Å²) >= 11 is -1.82. The van der Waals surface area contributed by atoms with Gasteiger partial charge in [0.25, 0.3) is 0 Å². The van der Waals surface area contributed by atoms with E-state index in [1.807, 2.05) is 0 Å². The van der Waals surface area contributed by atoms with Gasteiger partial charge < -0.3 is 0 Å². The summed E-state index contributed by atoms with van der Waals surface area (Å²) in [5.41, 5.74) is 0. The molecule has 0 N–H and O–H groups in total. The molecule has 0 aromatic heterocycles. The molecule has 0 aliphatic heterocycles. The zero-order valence-electron chi connectivity index (χ0n) is 25.9. The Morgan fingerprint density at radius 3 is 0.811 bits per heavy atom. The SMILES string of the molecule is C[Si](C)(C)[C]([Sn][O][Sn][C](C1CCCCC1)(C1CCCCC1)[Si](C)(C)C)(C1CCCCC1)C1CCCCC1. The van der Waals surface area contributed by atoms with Gasteiger partial charge >= 0.3 is 258 Å². The third-order valence-corrected chi connectivity index (χ3v) is 43.8. The van der Waals surface area contributed by atoms with Crippen LogP contribution in [0.15, 0.2) is 0 Å². The summed E-state index contributed by atoms with van der Waals surface area (Å²) < 4.78 is 9.26. The molecule has 0 atom stereocenters. The summed E-state index contributed by atoms with van der Waals surface area (Å²) in [6, 6.07) is 0. The van der Waals surface area contributed by atoms with E-state index >= 15 is 0 Å². The summed E-state index contributed by atoms with van der Waals surface area (Å²) in [5, 5.41) is 0. The van der Waals surface area contributed by atoms with Crippen LogP contribution in [0.25, 0.3) is 0 Å². The summed E-state index contributed by atoms with van der Waals surface area (Å²) in [4.78, 5) is 0. The molecule has 0 saturated heterocycles. The summed E-state index contributed by atoms with van der Waals surface area (Å²) in [7, 11) is -2.69. The summed E-state index contributed by atoms with van der Waals surface area (Å²) in [6.45, 7) is 16.8. The summed E-state index contributed by atoms with van der Waals surface area (Å²) in [5.74, 6) is 4.14. The van der Waals surface area contributed by atoms with Crippen LogP contribution in [0.2, 0.25) is 45.4 Å². The molecule has 0 bridgehead atoms. The van der Waals surface area contributed by atoms with Crippen molar-refractivity contribution in [2.24, 2.45) is 23.7 Å². The van der Waals surface area contributed by atoms with Gasteiger partial charge in [-0.25, -0.2) is 0 Å². The molecule has 0 aromatic rings. The van der Waals surface area contributed by atoms with Gasteiger partial charge in [-0.15, -0.1) is 0 Å². The van der Waals surface area contributed by atoms with Gasteiger partial charge in [0.1, 0.15) is 0 Å². The van der Waals surface area contributed by atoms with Crippen molar-refractivity contribution < 1.29 is 1.41 Å². The third kappa shape index (κ3) is 6.98. The average Bonchev–Trinajstić information content (AvgIpc) is 2.89. The third-order valence-electron chi connectivity index (χ3n) is 11.9. The first-order valence-corrected chi connectivity index (χ1v) is 29.0. The van der Waals surface area contributed by atoms with Gasteiger partial charge in [0, 0.05) is 0 Å². The van der Waals surface area contributed by atoms with Gasteiger partial charge in [-0.05, 0) is 0 Å². The van der Waals surface area contributed by atoms with Crippen LogP contribution in [0.5, 0.6) is 0 Å². The molecule has 5 heteroatoms. The predicted molar refractivity (Wildman–Crippen MR) is 171 cm³/mol. The number of rotatable bonds is 10. The van der Waals surface area contributed by atoms with Gasteiger partial charge in [-0.3, -0.25) is 0 Å². The molecule has 4 aliphatic carbocycles. The minimum atomic E-state index is -1.34. The molecule has 212 valence electrons. The molecule has 4 aliphatic rings. The topological polar surface area (TPSA) is 9.23 Å². The number of hydrogen-bond donors (Lipinski definition) is 0. The zero-order chi connectivity index (χ0) is 26.6. The maximum atomic E-state index is 7.84. The van der Waals surface area contributed by atoms with E-state index in [4.69, 9.17) is 1.41 Å². The van der Waals surface area contributed by atoms with E-state index in [1.54, 1.807) is 51.4 Å². The Morgan fingerprint density at radius 2 is 0.622 bits per heavy atom. The Balaban J connectivity index is 1.66. The molecule has 0 amide bonds. The molecular weight excluding hydrogens is 694 g/mol. The van der Waals surface area contributed by atoms with Gasteiger partial charge in [0.2, 0.25) is 0 Å². The molecule has 1 nitrogen and oxygen atoms in total. The van der Waals surface area contributed by atoms with Crippen LogP contribution in [0.4, 0.5) is 0 Å². The molecule has 4 rings (SSSR count). The van der Waals surface area contributed by atoms with Crippen molar-refractivity contribution in [3.8, 4) is 0 Å². The molecule has 4 fully saturated rings. The van der Waals surface area contributed by atoms with Crippen LogP contribution in [-0.4, -0.2) is 59.3 Å². The Kier molecular flexibility index (Phi) is 12.1. The number of hydrogen-bond acceptors (Lipinski definition) is 1. The molecule has 37 heavy (non-hydrogen) atoms. The van der Waals surface area contributed by atoms with Crippen LogP contribution in [0, 0.1) is 23.7 Å². The molecular formula is C32H62OSi2Sn2. The van der Waals surface area contributed by atoms with Gasteiger partial charge in [-0.1, -0.05) is 0 Å². The van der Waals surface area contributed by atoms with E-state index in [-0.39, 0.29) is 0 Å². The van der Waals surface area contributed by atoms with Crippen molar-refractivity contribution in [1.29, 1.82) is 0 Å². The van der Waals surface area contributed by atoms with E-state index in [2.05, 4.69) is 39.3 Å². The predicted octanol–water partition coefficient (Wildman–Crippen LogP) is 10.6. The average molecular weight is 756 g/mol. The van der Waals surface area contributed by atoms with Crippen LogP contribution in [0.3, 0.4) is 0 Å². The zero-order valence-corrected chi connectivity index (χ0v) is 33.6. The van der Waals surface area contributed by atoms with Crippen LogP contribution >= 0.6 is 0 Å². The molecule has 0 unspecified atom stereocenters. The van der Waals surface area contributed by atoms with E-state index in [1.165, 1.54) is 77.0 Å². The second kappa shape index (κ2) is 14.0. The first-order chi connectivity index (χ1) is 17.6. The van der Waals surface area contributed by atoms with Crippen molar-refractivity contribution in [3.63, 3.8) is 0 Å². The van der Waals surface area contributed by atoms with Gasteiger partial charge in [-0.2, -0.15) is 0 Å². The summed E-state index contributed by atoms with van der Waals surface area (Å²) in [6.07, 6.45) is 30.6. The fourth-order valence-electron chi connectivity index (χ4n) is 10.2. The Labute approximate surface area is 256 Å². The van der Waals surface area contributed by atoms with Crippen molar-refractivity contribution in [2.45, 2.75) is 174 Å². The van der Waals surface area contributed by atoms with E-state index in [0.29, 0.717) is 6.11 Å². The van der Waals surface area contributed by atoms with Crippen LogP contribution in [0.1, 0.15) is 128 Å². The van der Waals surface area contributed by atoms with Crippen LogP contribution in [-0.2, 0) is 1.41 Å². The first-order valence-electron chi connectivity index (χ1n) is 16.8.